The Kier molecular flexibility index (Phi) is 5.77. The van der Waals surface area contributed by atoms with Crippen molar-refractivity contribution in [2.75, 3.05) is 26.8 Å². The largest absolute Gasteiger partial charge is 0.480 e. The highest BCUT2D eigenvalue weighted by Gasteiger charge is 2.31. The molecule has 2 atom stereocenters. The van der Waals surface area contributed by atoms with Gasteiger partial charge in [0.2, 0.25) is 0 Å². The molecule has 0 saturated carbocycles. The van der Waals surface area contributed by atoms with Gasteiger partial charge in [0.25, 0.3) is 0 Å². The van der Waals surface area contributed by atoms with Gasteiger partial charge < -0.3 is 9.84 Å². The van der Waals surface area contributed by atoms with Crippen LogP contribution in [0.3, 0.4) is 0 Å². The van der Waals surface area contributed by atoms with Crippen LogP contribution < -0.4 is 0 Å². The van der Waals surface area contributed by atoms with E-state index in [4.69, 9.17) is 4.74 Å². The van der Waals surface area contributed by atoms with Gasteiger partial charge in [0, 0.05) is 13.7 Å². The number of carbonyl (C=O) groups is 1. The maximum atomic E-state index is 11.2. The van der Waals surface area contributed by atoms with E-state index >= 15 is 0 Å². The lowest BCUT2D eigenvalue weighted by molar-refractivity contribution is -0.143. The fourth-order valence-corrected chi connectivity index (χ4v) is 2.38. The number of carboxylic acids is 1. The Morgan fingerprint density at radius 3 is 2.94 bits per heavy atom. The molecule has 1 aliphatic heterocycles. The summed E-state index contributed by atoms with van der Waals surface area (Å²) >= 11 is 0. The minimum atomic E-state index is -0.675. The van der Waals surface area contributed by atoms with E-state index in [1.54, 1.807) is 7.11 Å². The van der Waals surface area contributed by atoms with Crippen LogP contribution in [0.2, 0.25) is 0 Å². The van der Waals surface area contributed by atoms with Crippen LogP contribution in [0, 0.1) is 5.92 Å². The van der Waals surface area contributed by atoms with Crippen LogP contribution in [-0.2, 0) is 9.53 Å². The Labute approximate surface area is 97.6 Å². The quantitative estimate of drug-likeness (QED) is 0.720. The molecule has 0 aliphatic carbocycles. The summed E-state index contributed by atoms with van der Waals surface area (Å²) < 4.78 is 5.12. The van der Waals surface area contributed by atoms with Gasteiger partial charge in [-0.25, -0.2) is 0 Å². The number of likely N-dealkylation sites (tertiary alicyclic amines) is 1. The van der Waals surface area contributed by atoms with E-state index in [9.17, 15) is 9.90 Å². The molecular weight excluding hydrogens is 206 g/mol. The third kappa shape index (κ3) is 3.76. The summed E-state index contributed by atoms with van der Waals surface area (Å²) in [6, 6.07) is -0.290. The SMILES string of the molecule is CCCCC(C(=O)O)N1CCC(COC)C1. The van der Waals surface area contributed by atoms with E-state index < -0.39 is 5.97 Å². The number of ether oxygens (including phenoxy) is 1. The second-order valence-electron chi connectivity index (χ2n) is 4.60. The van der Waals surface area contributed by atoms with E-state index in [1.807, 2.05) is 0 Å². The van der Waals surface area contributed by atoms with Gasteiger partial charge in [-0.2, -0.15) is 0 Å². The van der Waals surface area contributed by atoms with Crippen molar-refractivity contribution in [3.63, 3.8) is 0 Å². The molecule has 0 aromatic rings. The first-order chi connectivity index (χ1) is 7.69. The smallest absolute Gasteiger partial charge is 0.320 e. The first kappa shape index (κ1) is 13.5. The zero-order valence-electron chi connectivity index (χ0n) is 10.3. The van der Waals surface area contributed by atoms with E-state index in [0.717, 1.165) is 45.4 Å². The highest BCUT2D eigenvalue weighted by Crippen LogP contribution is 2.21. The molecule has 1 heterocycles. The minimum absolute atomic E-state index is 0.290. The molecule has 0 aromatic carbocycles. The summed E-state index contributed by atoms with van der Waals surface area (Å²) in [5.74, 6) is -0.167. The van der Waals surface area contributed by atoms with Gasteiger partial charge in [0.1, 0.15) is 6.04 Å². The molecule has 0 amide bonds. The summed E-state index contributed by atoms with van der Waals surface area (Å²) in [5, 5.41) is 9.20. The first-order valence-electron chi connectivity index (χ1n) is 6.14. The molecule has 1 rings (SSSR count). The lowest BCUT2D eigenvalue weighted by Gasteiger charge is -2.24. The number of rotatable bonds is 7. The molecule has 4 heteroatoms. The predicted octanol–water partition coefficient (Wildman–Crippen LogP) is 1.60. The second-order valence-corrected chi connectivity index (χ2v) is 4.60. The molecule has 16 heavy (non-hydrogen) atoms. The van der Waals surface area contributed by atoms with Crippen molar-refractivity contribution in [2.24, 2.45) is 5.92 Å². The summed E-state index contributed by atoms with van der Waals surface area (Å²) in [6.45, 7) is 4.61. The lowest BCUT2D eigenvalue weighted by atomic mass is 10.1. The van der Waals surface area contributed by atoms with Gasteiger partial charge in [-0.15, -0.1) is 0 Å². The Bertz CT molecular complexity index is 220. The fraction of sp³-hybridized carbons (Fsp3) is 0.917. The molecule has 1 fully saturated rings. The molecule has 4 nitrogen and oxygen atoms in total. The third-order valence-electron chi connectivity index (χ3n) is 3.28. The van der Waals surface area contributed by atoms with Crippen LogP contribution in [0.15, 0.2) is 0 Å². The van der Waals surface area contributed by atoms with Gasteiger partial charge in [-0.1, -0.05) is 19.8 Å². The molecular formula is C12H23NO3. The summed E-state index contributed by atoms with van der Waals surface area (Å²) in [4.78, 5) is 13.3. The first-order valence-corrected chi connectivity index (χ1v) is 6.14. The Balaban J connectivity index is 2.43. The average molecular weight is 229 g/mol. The van der Waals surface area contributed by atoms with Crippen molar-refractivity contribution in [2.45, 2.75) is 38.6 Å². The highest BCUT2D eigenvalue weighted by atomic mass is 16.5. The number of hydrogen-bond acceptors (Lipinski definition) is 3. The van der Waals surface area contributed by atoms with E-state index in [1.165, 1.54) is 0 Å². The topological polar surface area (TPSA) is 49.8 Å². The van der Waals surface area contributed by atoms with E-state index in [0.29, 0.717) is 5.92 Å². The maximum absolute atomic E-state index is 11.2. The van der Waals surface area contributed by atoms with E-state index in [-0.39, 0.29) is 6.04 Å². The normalized spacial score (nSPS) is 23.5. The highest BCUT2D eigenvalue weighted by molar-refractivity contribution is 5.73. The Morgan fingerprint density at radius 2 is 2.38 bits per heavy atom. The van der Waals surface area contributed by atoms with Crippen molar-refractivity contribution >= 4 is 5.97 Å². The summed E-state index contributed by atoms with van der Waals surface area (Å²) in [5.41, 5.74) is 0. The predicted molar refractivity (Wildman–Crippen MR) is 62.5 cm³/mol. The number of nitrogens with zero attached hydrogens (tertiary/aromatic N) is 1. The molecule has 0 bridgehead atoms. The van der Waals surface area contributed by atoms with Crippen LogP contribution in [-0.4, -0.2) is 48.8 Å². The number of aliphatic carboxylic acids is 1. The molecule has 2 unspecified atom stereocenters. The van der Waals surface area contributed by atoms with Crippen molar-refractivity contribution in [3.8, 4) is 0 Å². The van der Waals surface area contributed by atoms with Crippen LogP contribution in [0.5, 0.6) is 0 Å². The van der Waals surface area contributed by atoms with Crippen molar-refractivity contribution in [1.82, 2.24) is 4.90 Å². The summed E-state index contributed by atoms with van der Waals surface area (Å²) in [6.07, 6.45) is 3.87. The third-order valence-corrected chi connectivity index (χ3v) is 3.28. The molecule has 1 saturated heterocycles. The van der Waals surface area contributed by atoms with Crippen molar-refractivity contribution in [1.29, 1.82) is 0 Å². The number of carboxylic acid groups (broad SMARTS) is 1. The second kappa shape index (κ2) is 6.86. The molecule has 0 spiro atoms. The van der Waals surface area contributed by atoms with Gasteiger partial charge >= 0.3 is 5.97 Å². The molecule has 0 aromatic heterocycles. The molecule has 94 valence electrons. The summed E-state index contributed by atoms with van der Waals surface area (Å²) in [7, 11) is 1.70. The number of hydrogen-bond donors (Lipinski definition) is 1. The maximum Gasteiger partial charge on any atom is 0.320 e. The lowest BCUT2D eigenvalue weighted by Crippen LogP contribution is -2.39. The van der Waals surface area contributed by atoms with Gasteiger partial charge in [0.15, 0.2) is 0 Å². The van der Waals surface area contributed by atoms with Gasteiger partial charge in [0.05, 0.1) is 6.61 Å². The number of unbranched alkanes of at least 4 members (excludes halogenated alkanes) is 1. The zero-order chi connectivity index (χ0) is 12.0. The van der Waals surface area contributed by atoms with Crippen molar-refractivity contribution < 1.29 is 14.6 Å². The van der Waals surface area contributed by atoms with Crippen LogP contribution in [0.25, 0.3) is 0 Å². The monoisotopic (exact) mass is 229 g/mol. The minimum Gasteiger partial charge on any atom is -0.480 e. The molecule has 1 N–H and O–H groups in total. The number of methoxy groups -OCH3 is 1. The van der Waals surface area contributed by atoms with Crippen molar-refractivity contribution in [3.05, 3.63) is 0 Å². The van der Waals surface area contributed by atoms with E-state index in [2.05, 4.69) is 11.8 Å². The van der Waals surface area contributed by atoms with Gasteiger partial charge in [-0.05, 0) is 25.3 Å². The van der Waals surface area contributed by atoms with Crippen LogP contribution in [0.4, 0.5) is 0 Å². The molecule has 0 radical (unpaired) electrons. The average Bonchev–Trinajstić information content (AvgIpc) is 2.67. The standard InChI is InChI=1S/C12H23NO3/c1-3-4-5-11(12(14)15)13-7-6-10(8-13)9-16-2/h10-11H,3-9H2,1-2H3,(H,14,15). The molecule has 1 aliphatic rings. The fourth-order valence-electron chi connectivity index (χ4n) is 2.38. The Morgan fingerprint density at radius 1 is 1.62 bits per heavy atom. The Hall–Kier alpha value is -0.610. The van der Waals surface area contributed by atoms with Gasteiger partial charge in [-0.3, -0.25) is 9.69 Å². The zero-order valence-corrected chi connectivity index (χ0v) is 10.3. The van der Waals surface area contributed by atoms with Crippen LogP contribution >= 0.6 is 0 Å². The van der Waals surface area contributed by atoms with Crippen LogP contribution in [0.1, 0.15) is 32.6 Å².